The smallest absolute Gasteiger partial charge is 0.272 e. The van der Waals surface area contributed by atoms with Gasteiger partial charge in [-0.1, -0.05) is 12.8 Å². The number of rotatable bonds is 3. The number of aliphatic hydroxyl groups is 1. The lowest BCUT2D eigenvalue weighted by molar-refractivity contribution is 0.0209. The van der Waals surface area contributed by atoms with Crippen LogP contribution in [0.3, 0.4) is 0 Å². The van der Waals surface area contributed by atoms with Crippen LogP contribution >= 0.6 is 0 Å². The van der Waals surface area contributed by atoms with Gasteiger partial charge < -0.3 is 14.9 Å². The van der Waals surface area contributed by atoms with Crippen LogP contribution in [0.5, 0.6) is 0 Å². The molecule has 0 bridgehead atoms. The number of carbonyl (C=O) groups is 1. The van der Waals surface area contributed by atoms with E-state index in [0.29, 0.717) is 11.6 Å². The average molecular weight is 344 g/mol. The van der Waals surface area contributed by atoms with Crippen LogP contribution < -0.4 is 4.90 Å². The molecule has 6 heteroatoms. The van der Waals surface area contributed by atoms with Crippen molar-refractivity contribution in [2.45, 2.75) is 63.5 Å². The molecule has 1 N–H and O–H groups in total. The molecule has 2 saturated heterocycles. The molecule has 0 spiro atoms. The number of amides is 1. The molecule has 1 amide bonds. The van der Waals surface area contributed by atoms with Crippen molar-refractivity contribution in [3.8, 4) is 0 Å². The molecule has 0 unspecified atom stereocenters. The molecule has 1 aliphatic carbocycles. The summed E-state index contributed by atoms with van der Waals surface area (Å²) < 4.78 is 0. The Kier molecular flexibility index (Phi) is 4.88. The van der Waals surface area contributed by atoms with Crippen molar-refractivity contribution in [2.75, 3.05) is 24.5 Å². The molecule has 1 saturated carbocycles. The Labute approximate surface area is 149 Å². The quantitative estimate of drug-likeness (QED) is 0.911. The van der Waals surface area contributed by atoms with Crippen molar-refractivity contribution in [1.29, 1.82) is 0 Å². The van der Waals surface area contributed by atoms with Crippen molar-refractivity contribution in [1.82, 2.24) is 14.9 Å². The van der Waals surface area contributed by atoms with Gasteiger partial charge >= 0.3 is 0 Å². The van der Waals surface area contributed by atoms with Crippen LogP contribution in [0.4, 0.5) is 5.95 Å². The van der Waals surface area contributed by atoms with E-state index in [4.69, 9.17) is 0 Å². The van der Waals surface area contributed by atoms with E-state index >= 15 is 0 Å². The molecule has 0 radical (unpaired) electrons. The van der Waals surface area contributed by atoms with Crippen LogP contribution in [-0.4, -0.2) is 57.7 Å². The zero-order valence-corrected chi connectivity index (χ0v) is 14.8. The third-order valence-corrected chi connectivity index (χ3v) is 6.09. The van der Waals surface area contributed by atoms with E-state index in [-0.39, 0.29) is 24.0 Å². The van der Waals surface area contributed by atoms with Gasteiger partial charge in [-0.3, -0.25) is 4.79 Å². The fourth-order valence-corrected chi connectivity index (χ4v) is 4.76. The maximum atomic E-state index is 13.1. The van der Waals surface area contributed by atoms with Crippen molar-refractivity contribution in [2.24, 2.45) is 5.92 Å². The normalized spacial score (nSPS) is 30.0. The van der Waals surface area contributed by atoms with Gasteiger partial charge in [0.25, 0.3) is 5.91 Å². The Hall–Kier alpha value is -1.69. The highest BCUT2D eigenvalue weighted by Crippen LogP contribution is 2.35. The van der Waals surface area contributed by atoms with Gasteiger partial charge in [0.15, 0.2) is 0 Å². The van der Waals surface area contributed by atoms with Crippen molar-refractivity contribution in [3.63, 3.8) is 0 Å². The zero-order chi connectivity index (χ0) is 17.2. The van der Waals surface area contributed by atoms with E-state index in [1.807, 2.05) is 4.90 Å². The van der Waals surface area contributed by atoms with Gasteiger partial charge in [-0.15, -0.1) is 0 Å². The van der Waals surface area contributed by atoms with Crippen LogP contribution in [-0.2, 0) is 0 Å². The van der Waals surface area contributed by atoms with Crippen LogP contribution in [0, 0.1) is 5.92 Å². The van der Waals surface area contributed by atoms with E-state index in [9.17, 15) is 9.90 Å². The van der Waals surface area contributed by atoms with Gasteiger partial charge in [0.2, 0.25) is 5.95 Å². The summed E-state index contributed by atoms with van der Waals surface area (Å²) in [6.07, 6.45) is 9.93. The van der Waals surface area contributed by atoms with Gasteiger partial charge in [0.05, 0.1) is 6.10 Å². The minimum Gasteiger partial charge on any atom is -0.393 e. The second-order valence-electron chi connectivity index (χ2n) is 7.66. The van der Waals surface area contributed by atoms with E-state index in [2.05, 4.69) is 14.9 Å². The molecule has 25 heavy (non-hydrogen) atoms. The molecule has 1 aromatic rings. The molecule has 136 valence electrons. The van der Waals surface area contributed by atoms with Crippen molar-refractivity contribution < 1.29 is 9.90 Å². The first-order chi connectivity index (χ1) is 12.2. The number of anilines is 1. The number of nitrogens with zero attached hydrogens (tertiary/aromatic N) is 4. The summed E-state index contributed by atoms with van der Waals surface area (Å²) in [5, 5.41) is 10.4. The first-order valence-corrected chi connectivity index (χ1v) is 9.81. The first-order valence-electron chi connectivity index (χ1n) is 9.81. The number of carbonyl (C=O) groups excluding carboxylic acids is 1. The highest BCUT2D eigenvalue weighted by Gasteiger charge is 2.39. The predicted octanol–water partition coefficient (Wildman–Crippen LogP) is 2.23. The number of likely N-dealkylation sites (tertiary alicyclic amines) is 1. The molecule has 1 aromatic heterocycles. The highest BCUT2D eigenvalue weighted by atomic mass is 16.3. The zero-order valence-electron chi connectivity index (χ0n) is 14.8. The first kappa shape index (κ1) is 16.8. The van der Waals surface area contributed by atoms with Gasteiger partial charge in [0, 0.05) is 37.8 Å². The predicted molar refractivity (Wildman–Crippen MR) is 95.5 cm³/mol. The Morgan fingerprint density at radius 1 is 1.04 bits per heavy atom. The number of aliphatic hydroxyl groups excluding tert-OH is 1. The number of aromatic nitrogens is 2. The molecule has 2 aliphatic heterocycles. The SMILES string of the molecule is O=C(c1ccnc(N2CCCC2)n1)N1CCC[C@@H]1[C@@H]1CCCC[C@H]1O. The summed E-state index contributed by atoms with van der Waals surface area (Å²) in [6.45, 7) is 2.71. The van der Waals surface area contributed by atoms with Gasteiger partial charge in [-0.25, -0.2) is 9.97 Å². The molecule has 3 aliphatic rings. The van der Waals surface area contributed by atoms with Crippen molar-refractivity contribution >= 4 is 11.9 Å². The minimum absolute atomic E-state index is 0.00289. The standard InChI is InChI=1S/C19H28N4O2/c24-17-8-2-1-6-14(17)16-7-5-13-23(16)18(25)15-9-10-20-19(21-15)22-11-3-4-12-22/h9-10,14,16-17,24H,1-8,11-13H2/t14-,16+,17+/m0/s1. The highest BCUT2D eigenvalue weighted by molar-refractivity contribution is 5.93. The average Bonchev–Trinajstić information content (AvgIpc) is 3.33. The van der Waals surface area contributed by atoms with Gasteiger partial charge in [0.1, 0.15) is 5.69 Å². The minimum atomic E-state index is -0.266. The second-order valence-corrected chi connectivity index (χ2v) is 7.66. The molecule has 3 atom stereocenters. The molecule has 4 rings (SSSR count). The Balaban J connectivity index is 1.52. The van der Waals surface area contributed by atoms with E-state index in [0.717, 1.165) is 71.0 Å². The lowest BCUT2D eigenvalue weighted by atomic mass is 9.80. The summed E-state index contributed by atoms with van der Waals surface area (Å²) in [5.74, 6) is 0.903. The summed E-state index contributed by atoms with van der Waals surface area (Å²) >= 11 is 0. The van der Waals surface area contributed by atoms with E-state index < -0.39 is 0 Å². The lowest BCUT2D eigenvalue weighted by Gasteiger charge is -2.37. The van der Waals surface area contributed by atoms with Crippen molar-refractivity contribution in [3.05, 3.63) is 18.0 Å². The summed E-state index contributed by atoms with van der Waals surface area (Å²) in [6, 6.07) is 1.89. The van der Waals surface area contributed by atoms with E-state index in [1.54, 1.807) is 12.3 Å². The Morgan fingerprint density at radius 3 is 2.64 bits per heavy atom. The topological polar surface area (TPSA) is 69.6 Å². The Morgan fingerprint density at radius 2 is 1.84 bits per heavy atom. The molecule has 0 aromatic carbocycles. The van der Waals surface area contributed by atoms with Gasteiger partial charge in [-0.2, -0.15) is 0 Å². The maximum Gasteiger partial charge on any atom is 0.272 e. The van der Waals surface area contributed by atoms with Crippen LogP contribution in [0.2, 0.25) is 0 Å². The fourth-order valence-electron chi connectivity index (χ4n) is 4.76. The van der Waals surface area contributed by atoms with Gasteiger partial charge in [-0.05, 0) is 44.6 Å². The lowest BCUT2D eigenvalue weighted by Crippen LogP contribution is -2.45. The molecule has 6 nitrogen and oxygen atoms in total. The molecular formula is C19H28N4O2. The maximum absolute atomic E-state index is 13.1. The monoisotopic (exact) mass is 344 g/mol. The molecule has 3 fully saturated rings. The van der Waals surface area contributed by atoms with E-state index in [1.165, 1.54) is 0 Å². The van der Waals surface area contributed by atoms with Crippen LogP contribution in [0.1, 0.15) is 61.9 Å². The molecule has 3 heterocycles. The molecular weight excluding hydrogens is 316 g/mol. The number of hydrogen-bond acceptors (Lipinski definition) is 5. The summed E-state index contributed by atoms with van der Waals surface area (Å²) in [5.41, 5.74) is 0.495. The second kappa shape index (κ2) is 7.28. The Bertz CT molecular complexity index is 617. The third-order valence-electron chi connectivity index (χ3n) is 6.09. The van der Waals surface area contributed by atoms with Crippen LogP contribution in [0.15, 0.2) is 12.3 Å². The number of hydrogen-bond donors (Lipinski definition) is 1. The summed E-state index contributed by atoms with van der Waals surface area (Å²) in [4.78, 5) is 26.1. The largest absolute Gasteiger partial charge is 0.393 e. The third kappa shape index (κ3) is 3.36. The fraction of sp³-hybridized carbons (Fsp3) is 0.737. The summed E-state index contributed by atoms with van der Waals surface area (Å²) in [7, 11) is 0. The van der Waals surface area contributed by atoms with Crippen LogP contribution in [0.25, 0.3) is 0 Å².